The molecule has 0 saturated carbocycles. The van der Waals surface area contributed by atoms with Gasteiger partial charge in [-0.3, -0.25) is 0 Å². The van der Waals surface area contributed by atoms with Gasteiger partial charge in [0.15, 0.2) is 10.0 Å². The highest BCUT2D eigenvalue weighted by molar-refractivity contribution is 7.15. The number of thiazole rings is 1. The molecule has 0 atom stereocenters. The lowest BCUT2D eigenvalue weighted by atomic mass is 9.97. The van der Waals surface area contributed by atoms with Gasteiger partial charge in [0.25, 0.3) is 11.5 Å². The molecule has 0 unspecified atom stereocenters. The number of aromatic hydroxyl groups is 1. The lowest BCUT2D eigenvalue weighted by Crippen LogP contribution is -2.41. The standard InChI is InChI=1S/C26H15ClF5N3O2S/c1-13-3-2-8-34-22(13)35(12-16-11-33-25(27)38-16)24(37)21(23(34)36)14-4-6-19(28)17(9-14)18-10-15(26(30,31)32)5-7-20(18)29/h2-11H,12H2,1H3/p+1. The van der Waals surface area contributed by atoms with Gasteiger partial charge in [0, 0.05) is 22.9 Å². The van der Waals surface area contributed by atoms with Gasteiger partial charge in [-0.1, -0.05) is 17.7 Å². The highest BCUT2D eigenvalue weighted by Crippen LogP contribution is 2.36. The van der Waals surface area contributed by atoms with Crippen LogP contribution in [0.2, 0.25) is 4.47 Å². The monoisotopic (exact) mass is 564 g/mol. The van der Waals surface area contributed by atoms with E-state index in [-0.39, 0.29) is 22.1 Å². The van der Waals surface area contributed by atoms with Crippen LogP contribution in [0.5, 0.6) is 5.88 Å². The number of fused-ring (bicyclic) bond motifs is 1. The molecule has 2 aromatic carbocycles. The van der Waals surface area contributed by atoms with Crippen LogP contribution in [0.1, 0.15) is 16.0 Å². The maximum atomic E-state index is 14.8. The molecule has 0 saturated heterocycles. The van der Waals surface area contributed by atoms with E-state index in [4.69, 9.17) is 11.6 Å². The number of pyridine rings is 1. The first kappa shape index (κ1) is 25.8. The fourth-order valence-electron chi connectivity index (χ4n) is 4.28. The first-order valence-electron chi connectivity index (χ1n) is 11.0. The van der Waals surface area contributed by atoms with Crippen molar-refractivity contribution < 1.29 is 31.6 Å². The maximum Gasteiger partial charge on any atom is 0.416 e. The molecule has 0 amide bonds. The summed E-state index contributed by atoms with van der Waals surface area (Å²) < 4.78 is 72.3. The number of aromatic nitrogens is 3. The minimum absolute atomic E-state index is 0.0206. The Kier molecular flexibility index (Phi) is 6.44. The van der Waals surface area contributed by atoms with Gasteiger partial charge in [0.2, 0.25) is 0 Å². The number of halogens is 6. The molecule has 5 aromatic rings. The molecule has 5 rings (SSSR count). The van der Waals surface area contributed by atoms with Crippen molar-refractivity contribution in [2.75, 3.05) is 0 Å². The van der Waals surface area contributed by atoms with Crippen molar-refractivity contribution in [3.8, 4) is 28.1 Å². The van der Waals surface area contributed by atoms with E-state index < -0.39 is 45.9 Å². The molecule has 1 N–H and O–H groups in total. The summed E-state index contributed by atoms with van der Waals surface area (Å²) in [5.74, 6) is -2.56. The van der Waals surface area contributed by atoms with E-state index in [1.807, 2.05) is 0 Å². The SMILES string of the molecule is Cc1cccn2c(=O)c(-c3ccc(F)c(-c4cc(C(F)(F)F)ccc4F)c3)c(O)[n+](Cc3cnc(Cl)s3)c12. The molecule has 0 fully saturated rings. The Balaban J connectivity index is 1.77. The molecule has 0 aliphatic rings. The number of benzene rings is 2. The second-order valence-electron chi connectivity index (χ2n) is 8.44. The molecule has 0 radical (unpaired) electrons. The zero-order valence-electron chi connectivity index (χ0n) is 19.4. The van der Waals surface area contributed by atoms with Crippen molar-refractivity contribution in [3.63, 3.8) is 0 Å². The third-order valence-corrected chi connectivity index (χ3v) is 7.11. The lowest BCUT2D eigenvalue weighted by molar-refractivity contribution is -0.671. The van der Waals surface area contributed by atoms with Crippen LogP contribution in [0.4, 0.5) is 22.0 Å². The van der Waals surface area contributed by atoms with Crippen molar-refractivity contribution in [1.82, 2.24) is 9.38 Å². The average molecular weight is 565 g/mol. The van der Waals surface area contributed by atoms with Gasteiger partial charge in [-0.2, -0.15) is 22.1 Å². The molecule has 0 spiro atoms. The second-order valence-corrected chi connectivity index (χ2v) is 10.1. The molecule has 0 bridgehead atoms. The van der Waals surface area contributed by atoms with E-state index in [9.17, 15) is 31.9 Å². The maximum absolute atomic E-state index is 14.8. The van der Waals surface area contributed by atoms with Gasteiger partial charge in [-0.25, -0.2) is 18.6 Å². The van der Waals surface area contributed by atoms with Crippen molar-refractivity contribution >= 4 is 28.6 Å². The van der Waals surface area contributed by atoms with Gasteiger partial charge in [0.05, 0.1) is 16.6 Å². The van der Waals surface area contributed by atoms with Crippen LogP contribution < -0.4 is 10.1 Å². The van der Waals surface area contributed by atoms with Gasteiger partial charge in [-0.05, 0) is 55.0 Å². The summed E-state index contributed by atoms with van der Waals surface area (Å²) in [5.41, 5.74) is -2.21. The number of nitrogens with zero attached hydrogens (tertiary/aromatic N) is 3. The molecule has 3 heterocycles. The number of aryl methyl sites for hydroxylation is 1. The normalized spacial score (nSPS) is 11.9. The number of hydrogen-bond donors (Lipinski definition) is 1. The quantitative estimate of drug-likeness (QED) is 0.203. The third kappa shape index (κ3) is 4.52. The van der Waals surface area contributed by atoms with Crippen LogP contribution in [-0.2, 0) is 12.7 Å². The summed E-state index contributed by atoms with van der Waals surface area (Å²) in [5, 5.41) is 11.3. The van der Waals surface area contributed by atoms with Crippen LogP contribution in [0.3, 0.4) is 0 Å². The Morgan fingerprint density at radius 1 is 1.08 bits per heavy atom. The smallest absolute Gasteiger partial charge is 0.416 e. The predicted octanol–water partition coefficient (Wildman–Crippen LogP) is 6.39. The fourth-order valence-corrected chi connectivity index (χ4v) is 5.24. The summed E-state index contributed by atoms with van der Waals surface area (Å²) >= 11 is 7.12. The molecule has 194 valence electrons. The van der Waals surface area contributed by atoms with Gasteiger partial charge in [-0.15, -0.1) is 11.3 Å². The van der Waals surface area contributed by atoms with Crippen LogP contribution in [0.15, 0.2) is 65.7 Å². The van der Waals surface area contributed by atoms with Gasteiger partial charge >= 0.3 is 11.7 Å². The molecule has 3 aromatic heterocycles. The van der Waals surface area contributed by atoms with Crippen molar-refractivity contribution in [2.24, 2.45) is 0 Å². The highest BCUT2D eigenvalue weighted by Gasteiger charge is 2.32. The van der Waals surface area contributed by atoms with E-state index in [0.29, 0.717) is 34.3 Å². The number of rotatable bonds is 4. The average Bonchev–Trinajstić information content (AvgIpc) is 3.27. The summed E-state index contributed by atoms with van der Waals surface area (Å²) in [7, 11) is 0. The van der Waals surface area contributed by atoms with Gasteiger partial charge < -0.3 is 5.11 Å². The zero-order chi connectivity index (χ0) is 27.4. The fraction of sp³-hybridized carbons (Fsp3) is 0.115. The lowest BCUT2D eigenvalue weighted by Gasteiger charge is -2.13. The Hall–Kier alpha value is -3.83. The molecular weight excluding hydrogens is 549 g/mol. The Morgan fingerprint density at radius 2 is 1.76 bits per heavy atom. The van der Waals surface area contributed by atoms with Crippen LogP contribution >= 0.6 is 22.9 Å². The van der Waals surface area contributed by atoms with Crippen LogP contribution in [-0.4, -0.2) is 14.5 Å². The third-order valence-electron chi connectivity index (χ3n) is 6.01. The minimum atomic E-state index is -4.78. The second kappa shape index (κ2) is 9.48. The first-order valence-corrected chi connectivity index (χ1v) is 12.2. The summed E-state index contributed by atoms with van der Waals surface area (Å²) in [6.45, 7) is 1.82. The van der Waals surface area contributed by atoms with Crippen molar-refractivity contribution in [3.05, 3.63) is 103 Å². The van der Waals surface area contributed by atoms with Gasteiger partial charge in [0.1, 0.15) is 18.2 Å². The molecular formula is C26H16ClF5N3O2S+. The summed E-state index contributed by atoms with van der Waals surface area (Å²) in [6.07, 6.45) is -1.78. The molecule has 12 heteroatoms. The number of hydrogen-bond acceptors (Lipinski definition) is 4. The van der Waals surface area contributed by atoms with Crippen LogP contribution in [0.25, 0.3) is 27.9 Å². The Morgan fingerprint density at radius 3 is 2.42 bits per heavy atom. The number of alkyl halides is 3. The van der Waals surface area contributed by atoms with Crippen molar-refractivity contribution in [2.45, 2.75) is 19.6 Å². The van der Waals surface area contributed by atoms with E-state index >= 15 is 0 Å². The van der Waals surface area contributed by atoms with E-state index in [1.54, 1.807) is 19.1 Å². The van der Waals surface area contributed by atoms with E-state index in [2.05, 4.69) is 4.98 Å². The van der Waals surface area contributed by atoms with E-state index in [0.717, 1.165) is 12.1 Å². The minimum Gasteiger partial charge on any atom is -0.477 e. The largest absolute Gasteiger partial charge is 0.477 e. The zero-order valence-corrected chi connectivity index (χ0v) is 20.9. The van der Waals surface area contributed by atoms with Crippen LogP contribution in [0, 0.1) is 18.6 Å². The highest BCUT2D eigenvalue weighted by atomic mass is 35.5. The Bertz CT molecular complexity index is 1780. The Labute approximate surface area is 220 Å². The van der Waals surface area contributed by atoms with E-state index in [1.165, 1.54) is 38.8 Å². The summed E-state index contributed by atoms with van der Waals surface area (Å²) in [4.78, 5) is 18.2. The predicted molar refractivity (Wildman–Crippen MR) is 132 cm³/mol. The summed E-state index contributed by atoms with van der Waals surface area (Å²) in [6, 6.07) is 8.17. The molecule has 5 nitrogen and oxygen atoms in total. The molecule has 0 aliphatic carbocycles. The topological polar surface area (TPSA) is 58.5 Å². The molecule has 0 aliphatic heterocycles. The first-order chi connectivity index (χ1) is 18.0. The molecule has 38 heavy (non-hydrogen) atoms. The van der Waals surface area contributed by atoms with Crippen molar-refractivity contribution in [1.29, 1.82) is 0 Å².